The number of thioether (sulfide) groups is 1. The topological polar surface area (TPSA) is 45.7 Å². The molecule has 1 rings (SSSR count). The number of hydrogen-bond acceptors (Lipinski definition) is 3. The van der Waals surface area contributed by atoms with Gasteiger partial charge in [-0.15, -0.1) is 24.0 Å². The Hall–Kier alpha value is 0.310. The van der Waals surface area contributed by atoms with Gasteiger partial charge in [0.1, 0.15) is 0 Å². The molecular formula is C15H32IN3OS. The zero-order valence-electron chi connectivity index (χ0n) is 13.5. The van der Waals surface area contributed by atoms with E-state index in [1.165, 1.54) is 44.3 Å². The SMILES string of the molecule is CN=C(NCCCCSC)NCCCOC1CCCC1.I. The molecule has 0 heterocycles. The first-order valence-electron chi connectivity index (χ1n) is 7.92. The van der Waals surface area contributed by atoms with Crippen molar-refractivity contribution < 1.29 is 4.74 Å². The van der Waals surface area contributed by atoms with Crippen LogP contribution < -0.4 is 10.6 Å². The third kappa shape index (κ3) is 11.5. The van der Waals surface area contributed by atoms with Gasteiger partial charge in [-0.2, -0.15) is 11.8 Å². The second kappa shape index (κ2) is 15.2. The fourth-order valence-corrected chi connectivity index (χ4v) is 2.88. The van der Waals surface area contributed by atoms with Crippen molar-refractivity contribution in [1.82, 2.24) is 10.6 Å². The van der Waals surface area contributed by atoms with E-state index >= 15 is 0 Å². The molecule has 2 N–H and O–H groups in total. The number of halogens is 1. The van der Waals surface area contributed by atoms with Gasteiger partial charge in [0.05, 0.1) is 6.10 Å². The minimum Gasteiger partial charge on any atom is -0.378 e. The summed E-state index contributed by atoms with van der Waals surface area (Å²) in [6.45, 7) is 2.79. The van der Waals surface area contributed by atoms with E-state index < -0.39 is 0 Å². The summed E-state index contributed by atoms with van der Waals surface area (Å²) in [5.41, 5.74) is 0. The van der Waals surface area contributed by atoms with E-state index in [2.05, 4.69) is 21.9 Å². The van der Waals surface area contributed by atoms with Crippen LogP contribution in [0.15, 0.2) is 4.99 Å². The molecule has 1 aliphatic rings. The van der Waals surface area contributed by atoms with Crippen LogP contribution >= 0.6 is 35.7 Å². The average molecular weight is 429 g/mol. The number of unbranched alkanes of at least 4 members (excludes halogenated alkanes) is 1. The van der Waals surface area contributed by atoms with E-state index in [1.807, 2.05) is 18.8 Å². The average Bonchev–Trinajstić information content (AvgIpc) is 2.97. The summed E-state index contributed by atoms with van der Waals surface area (Å²) >= 11 is 1.91. The molecule has 0 aromatic carbocycles. The van der Waals surface area contributed by atoms with Gasteiger partial charge in [0.25, 0.3) is 0 Å². The summed E-state index contributed by atoms with van der Waals surface area (Å²) in [4.78, 5) is 4.23. The predicted molar refractivity (Wildman–Crippen MR) is 105 cm³/mol. The Morgan fingerprint density at radius 3 is 2.43 bits per heavy atom. The van der Waals surface area contributed by atoms with E-state index in [0.29, 0.717) is 6.10 Å². The first-order chi connectivity index (χ1) is 9.86. The van der Waals surface area contributed by atoms with E-state index in [0.717, 1.165) is 32.1 Å². The number of nitrogens with zero attached hydrogens (tertiary/aromatic N) is 1. The first kappa shape index (κ1) is 21.3. The molecule has 0 atom stereocenters. The van der Waals surface area contributed by atoms with Gasteiger partial charge in [-0.05, 0) is 44.1 Å². The molecule has 0 saturated heterocycles. The Morgan fingerprint density at radius 2 is 1.81 bits per heavy atom. The third-order valence-corrected chi connectivity index (χ3v) is 4.26. The lowest BCUT2D eigenvalue weighted by atomic mass is 10.3. The molecule has 4 nitrogen and oxygen atoms in total. The highest BCUT2D eigenvalue weighted by Gasteiger charge is 2.14. The fraction of sp³-hybridized carbons (Fsp3) is 0.933. The monoisotopic (exact) mass is 429 g/mol. The molecule has 126 valence electrons. The van der Waals surface area contributed by atoms with Crippen LogP contribution in [0.1, 0.15) is 44.9 Å². The van der Waals surface area contributed by atoms with Crippen LogP contribution in [0, 0.1) is 0 Å². The van der Waals surface area contributed by atoms with Crippen LogP contribution in [-0.4, -0.2) is 50.8 Å². The van der Waals surface area contributed by atoms with Crippen molar-refractivity contribution in [3.05, 3.63) is 0 Å². The number of rotatable bonds is 10. The van der Waals surface area contributed by atoms with Crippen molar-refractivity contribution in [2.45, 2.75) is 51.0 Å². The summed E-state index contributed by atoms with van der Waals surface area (Å²) in [5, 5.41) is 6.69. The maximum Gasteiger partial charge on any atom is 0.190 e. The lowest BCUT2D eigenvalue weighted by molar-refractivity contribution is 0.0574. The van der Waals surface area contributed by atoms with Gasteiger partial charge in [0, 0.05) is 26.7 Å². The Labute approximate surface area is 151 Å². The van der Waals surface area contributed by atoms with Gasteiger partial charge in [0.15, 0.2) is 5.96 Å². The molecule has 6 heteroatoms. The van der Waals surface area contributed by atoms with E-state index in [-0.39, 0.29) is 24.0 Å². The second-order valence-corrected chi connectivity index (χ2v) is 6.24. The van der Waals surface area contributed by atoms with Gasteiger partial charge >= 0.3 is 0 Å². The molecule has 0 radical (unpaired) electrons. The van der Waals surface area contributed by atoms with Crippen LogP contribution in [0.2, 0.25) is 0 Å². The summed E-state index contributed by atoms with van der Waals surface area (Å²) in [5.74, 6) is 2.15. The smallest absolute Gasteiger partial charge is 0.190 e. The van der Waals surface area contributed by atoms with Crippen LogP contribution in [-0.2, 0) is 4.74 Å². The van der Waals surface area contributed by atoms with Crippen LogP contribution in [0.4, 0.5) is 0 Å². The molecule has 0 unspecified atom stereocenters. The first-order valence-corrected chi connectivity index (χ1v) is 9.31. The Kier molecular flexibility index (Phi) is 15.4. The second-order valence-electron chi connectivity index (χ2n) is 5.26. The maximum absolute atomic E-state index is 5.84. The van der Waals surface area contributed by atoms with Crippen molar-refractivity contribution >= 4 is 41.7 Å². The molecule has 21 heavy (non-hydrogen) atoms. The summed E-state index contributed by atoms with van der Waals surface area (Å²) in [7, 11) is 1.83. The van der Waals surface area contributed by atoms with Gasteiger partial charge in [-0.3, -0.25) is 4.99 Å². The van der Waals surface area contributed by atoms with Gasteiger partial charge in [0.2, 0.25) is 0 Å². The molecule has 0 aromatic rings. The largest absolute Gasteiger partial charge is 0.378 e. The normalized spacial score (nSPS) is 15.8. The highest BCUT2D eigenvalue weighted by Crippen LogP contribution is 2.20. The van der Waals surface area contributed by atoms with Crippen LogP contribution in [0.25, 0.3) is 0 Å². The third-order valence-electron chi connectivity index (χ3n) is 3.56. The van der Waals surface area contributed by atoms with Gasteiger partial charge in [-0.1, -0.05) is 12.8 Å². The lowest BCUT2D eigenvalue weighted by Gasteiger charge is -2.13. The maximum atomic E-state index is 5.84. The molecular weight excluding hydrogens is 397 g/mol. The molecule has 0 aromatic heterocycles. The predicted octanol–water partition coefficient (Wildman–Crippen LogP) is 3.26. The molecule has 0 bridgehead atoms. The molecule has 0 spiro atoms. The molecule has 1 saturated carbocycles. The summed E-state index contributed by atoms with van der Waals surface area (Å²) in [6.07, 6.45) is 11.4. The highest BCUT2D eigenvalue weighted by atomic mass is 127. The zero-order chi connectivity index (χ0) is 14.5. The van der Waals surface area contributed by atoms with Crippen molar-refractivity contribution in [2.24, 2.45) is 4.99 Å². The minimum atomic E-state index is 0. The number of hydrogen-bond donors (Lipinski definition) is 2. The fourth-order valence-electron chi connectivity index (χ4n) is 2.38. The van der Waals surface area contributed by atoms with Crippen LogP contribution in [0.3, 0.4) is 0 Å². The Balaban J connectivity index is 0.00000400. The van der Waals surface area contributed by atoms with Gasteiger partial charge < -0.3 is 15.4 Å². The standard InChI is InChI=1S/C15H31N3OS.HI/c1-16-15(17-10-5-6-13-20-2)18-11-7-12-19-14-8-3-4-9-14;/h14H,3-13H2,1-2H3,(H2,16,17,18);1H. The van der Waals surface area contributed by atoms with E-state index in [4.69, 9.17) is 4.74 Å². The number of nitrogens with one attached hydrogen (secondary N) is 2. The molecule has 1 fully saturated rings. The minimum absolute atomic E-state index is 0. The number of aliphatic imine (C=N–C) groups is 1. The summed E-state index contributed by atoms with van der Waals surface area (Å²) < 4.78 is 5.84. The van der Waals surface area contributed by atoms with Crippen molar-refractivity contribution in [3.8, 4) is 0 Å². The number of ether oxygens (including phenoxy) is 1. The Bertz CT molecular complexity index is 261. The Morgan fingerprint density at radius 1 is 1.14 bits per heavy atom. The highest BCUT2D eigenvalue weighted by molar-refractivity contribution is 14.0. The quantitative estimate of drug-likeness (QED) is 0.242. The zero-order valence-corrected chi connectivity index (χ0v) is 16.7. The van der Waals surface area contributed by atoms with Crippen molar-refractivity contribution in [3.63, 3.8) is 0 Å². The summed E-state index contributed by atoms with van der Waals surface area (Å²) in [6, 6.07) is 0. The molecule has 1 aliphatic carbocycles. The van der Waals surface area contributed by atoms with Crippen molar-refractivity contribution in [2.75, 3.05) is 38.8 Å². The lowest BCUT2D eigenvalue weighted by Crippen LogP contribution is -2.38. The molecule has 0 aliphatic heterocycles. The van der Waals surface area contributed by atoms with Crippen molar-refractivity contribution in [1.29, 1.82) is 0 Å². The van der Waals surface area contributed by atoms with Gasteiger partial charge in [-0.25, -0.2) is 0 Å². The van der Waals surface area contributed by atoms with E-state index in [9.17, 15) is 0 Å². The van der Waals surface area contributed by atoms with E-state index in [1.54, 1.807) is 0 Å². The van der Waals surface area contributed by atoms with Crippen LogP contribution in [0.5, 0.6) is 0 Å². The molecule has 0 amide bonds. The number of guanidine groups is 1.